The lowest BCUT2D eigenvalue weighted by atomic mass is 9.89. The summed E-state index contributed by atoms with van der Waals surface area (Å²) in [5.41, 5.74) is 0.868. The van der Waals surface area contributed by atoms with Gasteiger partial charge in [-0.25, -0.2) is 0 Å². The first-order chi connectivity index (χ1) is 11.7. The summed E-state index contributed by atoms with van der Waals surface area (Å²) < 4.78 is 11.3. The van der Waals surface area contributed by atoms with Gasteiger partial charge < -0.3 is 9.47 Å². The lowest BCUT2D eigenvalue weighted by molar-refractivity contribution is 0.0977. The van der Waals surface area contributed by atoms with Crippen LogP contribution in [0.4, 0.5) is 0 Å². The fourth-order valence-electron chi connectivity index (χ4n) is 2.80. The minimum absolute atomic E-state index is 0.143. The number of allylic oxidation sites excluding steroid dienone is 2. The molecule has 0 heterocycles. The van der Waals surface area contributed by atoms with Gasteiger partial charge in [-0.05, 0) is 30.0 Å². The first-order valence-corrected chi connectivity index (χ1v) is 8.25. The van der Waals surface area contributed by atoms with Crippen molar-refractivity contribution in [3.63, 3.8) is 0 Å². The molecule has 0 saturated carbocycles. The predicted molar refractivity (Wildman–Crippen MR) is 93.0 cm³/mol. The van der Waals surface area contributed by atoms with Gasteiger partial charge in [0.1, 0.15) is 12.4 Å². The average Bonchev–Trinajstić information content (AvgIpc) is 2.61. The largest absolute Gasteiger partial charge is 0.491 e. The molecule has 0 aromatic heterocycles. The molecule has 2 aromatic rings. The number of ether oxygens (including phenoxy) is 2. The van der Waals surface area contributed by atoms with Gasteiger partial charge in [-0.3, -0.25) is 9.59 Å². The van der Waals surface area contributed by atoms with Crippen LogP contribution >= 0.6 is 0 Å². The highest BCUT2D eigenvalue weighted by molar-refractivity contribution is 6.27. The molecule has 3 rings (SSSR count). The summed E-state index contributed by atoms with van der Waals surface area (Å²) in [4.78, 5) is 24.4. The van der Waals surface area contributed by atoms with E-state index in [-0.39, 0.29) is 11.6 Å². The van der Waals surface area contributed by atoms with Crippen LogP contribution in [0, 0.1) is 0 Å². The number of ketones is 2. The van der Waals surface area contributed by atoms with E-state index in [4.69, 9.17) is 9.47 Å². The van der Waals surface area contributed by atoms with Crippen LogP contribution in [0.25, 0.3) is 10.8 Å². The van der Waals surface area contributed by atoms with Crippen molar-refractivity contribution in [2.75, 3.05) is 19.8 Å². The molecule has 0 amide bonds. The van der Waals surface area contributed by atoms with Gasteiger partial charge in [-0.1, -0.05) is 37.6 Å². The molecule has 2 aromatic carbocycles. The zero-order chi connectivity index (χ0) is 16.9. The monoisotopic (exact) mass is 324 g/mol. The maximum Gasteiger partial charge on any atom is 0.187 e. The standard InChI is InChI=1S/C20H20O4/c1-2-3-10-23-11-12-24-19-13-16-17(21)8-9-18(22)20(16)15-7-5-4-6-14(15)19/h4-9,13H,2-3,10-12H2,1H3. The number of carbonyl (C=O) groups excluding carboxylic acids is 2. The van der Waals surface area contributed by atoms with Crippen LogP contribution in [0.15, 0.2) is 42.5 Å². The van der Waals surface area contributed by atoms with Gasteiger partial charge in [0.15, 0.2) is 11.6 Å². The average molecular weight is 324 g/mol. The maximum atomic E-state index is 12.2. The Morgan fingerprint density at radius 3 is 2.46 bits per heavy atom. The van der Waals surface area contributed by atoms with Crippen LogP contribution in [0.1, 0.15) is 40.5 Å². The molecule has 1 aliphatic rings. The van der Waals surface area contributed by atoms with Crippen LogP contribution in [0.5, 0.6) is 5.75 Å². The molecule has 0 saturated heterocycles. The zero-order valence-corrected chi connectivity index (χ0v) is 13.7. The quantitative estimate of drug-likeness (QED) is 0.723. The van der Waals surface area contributed by atoms with Gasteiger partial charge in [0.05, 0.1) is 6.61 Å². The molecule has 0 atom stereocenters. The highest BCUT2D eigenvalue weighted by atomic mass is 16.5. The van der Waals surface area contributed by atoms with Gasteiger partial charge in [0.25, 0.3) is 0 Å². The van der Waals surface area contributed by atoms with Gasteiger partial charge in [-0.2, -0.15) is 0 Å². The Kier molecular flexibility index (Phi) is 5.06. The summed E-state index contributed by atoms with van der Waals surface area (Å²) in [5.74, 6) is 0.300. The summed E-state index contributed by atoms with van der Waals surface area (Å²) in [6.07, 6.45) is 4.78. The fourth-order valence-corrected chi connectivity index (χ4v) is 2.80. The molecule has 4 heteroatoms. The number of rotatable bonds is 7. The zero-order valence-electron chi connectivity index (χ0n) is 13.7. The Morgan fingerprint density at radius 2 is 1.67 bits per heavy atom. The topological polar surface area (TPSA) is 52.6 Å². The van der Waals surface area contributed by atoms with Gasteiger partial charge in [0.2, 0.25) is 0 Å². The molecule has 0 N–H and O–H groups in total. The van der Waals surface area contributed by atoms with Gasteiger partial charge in [0, 0.05) is 23.1 Å². The van der Waals surface area contributed by atoms with E-state index in [9.17, 15) is 9.59 Å². The number of hydrogen-bond acceptors (Lipinski definition) is 4. The first-order valence-electron chi connectivity index (χ1n) is 8.25. The molecule has 24 heavy (non-hydrogen) atoms. The van der Waals surface area contributed by atoms with Crippen molar-refractivity contribution in [1.82, 2.24) is 0 Å². The summed E-state index contributed by atoms with van der Waals surface area (Å²) in [6, 6.07) is 9.18. The second-order valence-electron chi connectivity index (χ2n) is 5.72. The minimum Gasteiger partial charge on any atom is -0.491 e. The molecule has 0 fully saturated rings. The van der Waals surface area contributed by atoms with Crippen LogP contribution in [-0.2, 0) is 4.74 Å². The normalized spacial score (nSPS) is 13.4. The Balaban J connectivity index is 1.88. The van der Waals surface area contributed by atoms with E-state index < -0.39 is 0 Å². The van der Waals surface area contributed by atoms with Crippen molar-refractivity contribution in [2.24, 2.45) is 0 Å². The third-order valence-electron chi connectivity index (χ3n) is 4.03. The van der Waals surface area contributed by atoms with E-state index in [1.807, 2.05) is 24.3 Å². The molecule has 0 bridgehead atoms. The van der Waals surface area contributed by atoms with Crippen molar-refractivity contribution in [1.29, 1.82) is 0 Å². The van der Waals surface area contributed by atoms with E-state index >= 15 is 0 Å². The molecular weight excluding hydrogens is 304 g/mol. The number of carbonyl (C=O) groups is 2. The predicted octanol–water partition coefficient (Wildman–Crippen LogP) is 3.97. The van der Waals surface area contributed by atoms with Crippen LogP contribution in [-0.4, -0.2) is 31.4 Å². The molecule has 0 aliphatic heterocycles. The van der Waals surface area contributed by atoms with Crippen molar-refractivity contribution in [2.45, 2.75) is 19.8 Å². The van der Waals surface area contributed by atoms with E-state index in [1.165, 1.54) is 12.2 Å². The number of benzene rings is 2. The highest BCUT2D eigenvalue weighted by Crippen LogP contribution is 2.34. The highest BCUT2D eigenvalue weighted by Gasteiger charge is 2.23. The van der Waals surface area contributed by atoms with Crippen molar-refractivity contribution in [3.05, 3.63) is 53.6 Å². The fraction of sp³-hybridized carbons (Fsp3) is 0.300. The number of fused-ring (bicyclic) bond motifs is 3. The Bertz CT molecular complexity index is 805. The summed E-state index contributed by atoms with van der Waals surface area (Å²) in [5, 5.41) is 1.58. The second-order valence-corrected chi connectivity index (χ2v) is 5.72. The smallest absolute Gasteiger partial charge is 0.187 e. The van der Waals surface area contributed by atoms with Crippen LogP contribution in [0.2, 0.25) is 0 Å². The lowest BCUT2D eigenvalue weighted by Gasteiger charge is -2.16. The molecular formula is C20H20O4. The lowest BCUT2D eigenvalue weighted by Crippen LogP contribution is -2.14. The maximum absolute atomic E-state index is 12.2. The van der Waals surface area contributed by atoms with Crippen molar-refractivity contribution in [3.8, 4) is 5.75 Å². The summed E-state index contributed by atoms with van der Waals surface area (Å²) in [7, 11) is 0. The molecule has 4 nitrogen and oxygen atoms in total. The number of hydrogen-bond donors (Lipinski definition) is 0. The summed E-state index contributed by atoms with van der Waals surface area (Å²) >= 11 is 0. The van der Waals surface area contributed by atoms with Crippen molar-refractivity contribution < 1.29 is 19.1 Å². The van der Waals surface area contributed by atoms with Gasteiger partial charge in [-0.15, -0.1) is 0 Å². The summed E-state index contributed by atoms with van der Waals surface area (Å²) in [6.45, 7) is 3.75. The Labute approximate surface area is 141 Å². The third kappa shape index (κ3) is 3.24. The van der Waals surface area contributed by atoms with E-state index in [2.05, 4.69) is 6.92 Å². The van der Waals surface area contributed by atoms with Crippen molar-refractivity contribution >= 4 is 22.3 Å². The molecule has 0 radical (unpaired) electrons. The molecule has 0 unspecified atom stereocenters. The van der Waals surface area contributed by atoms with E-state index in [0.717, 1.165) is 30.2 Å². The second kappa shape index (κ2) is 7.41. The van der Waals surface area contributed by atoms with E-state index in [1.54, 1.807) is 6.07 Å². The van der Waals surface area contributed by atoms with E-state index in [0.29, 0.717) is 30.1 Å². The molecule has 0 spiro atoms. The molecule has 124 valence electrons. The van der Waals surface area contributed by atoms with Crippen LogP contribution < -0.4 is 4.74 Å². The minimum atomic E-state index is -0.167. The molecule has 1 aliphatic carbocycles. The van der Waals surface area contributed by atoms with Crippen LogP contribution in [0.3, 0.4) is 0 Å². The first kappa shape index (κ1) is 16.4. The van der Waals surface area contributed by atoms with Gasteiger partial charge >= 0.3 is 0 Å². The Hall–Kier alpha value is -2.46. The number of unbranched alkanes of at least 4 members (excludes halogenated alkanes) is 1. The SMILES string of the molecule is CCCCOCCOc1cc2c(c3ccccc13)C(=O)C=CC2=O. The Morgan fingerprint density at radius 1 is 0.917 bits per heavy atom. The third-order valence-corrected chi connectivity index (χ3v) is 4.03.